The first-order chi connectivity index (χ1) is 7.23. The van der Waals surface area contributed by atoms with E-state index in [0.29, 0.717) is 4.47 Å². The standard InChI is InChI=1S/C9H8BrClF3NO/c10-4-1-2-6(11)5(3-4)7(15)8(16)9(12,13)14/h1-3,7-8,16H,15H2/t7-,8-/m1/s1. The van der Waals surface area contributed by atoms with E-state index >= 15 is 0 Å². The summed E-state index contributed by atoms with van der Waals surface area (Å²) >= 11 is 8.79. The molecule has 7 heteroatoms. The van der Waals surface area contributed by atoms with Crippen LogP contribution in [0.15, 0.2) is 22.7 Å². The van der Waals surface area contributed by atoms with Crippen LogP contribution in [0, 0.1) is 0 Å². The Bertz CT molecular complexity index is 386. The molecule has 1 rings (SSSR count). The Morgan fingerprint density at radius 1 is 1.38 bits per heavy atom. The lowest BCUT2D eigenvalue weighted by Crippen LogP contribution is -2.39. The van der Waals surface area contributed by atoms with Gasteiger partial charge in [-0.15, -0.1) is 0 Å². The summed E-state index contributed by atoms with van der Waals surface area (Å²) in [6, 6.07) is 2.72. The first-order valence-corrected chi connectivity index (χ1v) is 5.36. The normalized spacial score (nSPS) is 15.9. The van der Waals surface area contributed by atoms with Gasteiger partial charge in [-0.25, -0.2) is 0 Å². The molecule has 0 aliphatic rings. The molecule has 0 saturated heterocycles. The highest BCUT2D eigenvalue weighted by Gasteiger charge is 2.43. The maximum Gasteiger partial charge on any atom is 0.416 e. The third kappa shape index (κ3) is 3.10. The minimum atomic E-state index is -4.77. The molecule has 0 amide bonds. The molecule has 3 N–H and O–H groups in total. The molecule has 2 nitrogen and oxygen atoms in total. The van der Waals surface area contributed by atoms with Crippen LogP contribution in [-0.4, -0.2) is 17.4 Å². The van der Waals surface area contributed by atoms with Crippen molar-refractivity contribution in [1.29, 1.82) is 0 Å². The summed E-state index contributed by atoms with van der Waals surface area (Å²) in [6.45, 7) is 0. The Kier molecular flexibility index (Phi) is 4.23. The third-order valence-corrected chi connectivity index (χ3v) is 2.83. The number of aliphatic hydroxyl groups excluding tert-OH is 1. The van der Waals surface area contributed by atoms with E-state index in [4.69, 9.17) is 22.4 Å². The Balaban J connectivity index is 3.05. The van der Waals surface area contributed by atoms with E-state index in [0.717, 1.165) is 0 Å². The lowest BCUT2D eigenvalue weighted by atomic mass is 10.0. The fraction of sp³-hybridized carbons (Fsp3) is 0.333. The van der Waals surface area contributed by atoms with Crippen LogP contribution in [0.5, 0.6) is 0 Å². The lowest BCUT2D eigenvalue weighted by molar-refractivity contribution is -0.210. The zero-order chi connectivity index (χ0) is 12.5. The van der Waals surface area contributed by atoms with Gasteiger partial charge in [0.05, 0.1) is 6.04 Å². The highest BCUT2D eigenvalue weighted by molar-refractivity contribution is 9.10. The molecule has 1 aromatic rings. The molecule has 0 aliphatic carbocycles. The number of hydrogen-bond donors (Lipinski definition) is 2. The van der Waals surface area contributed by atoms with Gasteiger partial charge >= 0.3 is 6.18 Å². The third-order valence-electron chi connectivity index (χ3n) is 1.99. The summed E-state index contributed by atoms with van der Waals surface area (Å²) in [5, 5.41) is 9.08. The van der Waals surface area contributed by atoms with E-state index in [2.05, 4.69) is 15.9 Å². The molecule has 0 aromatic heterocycles. The summed E-state index contributed by atoms with van der Waals surface area (Å²) in [5.74, 6) is 0. The first kappa shape index (κ1) is 13.8. The van der Waals surface area contributed by atoms with Gasteiger partial charge in [-0.2, -0.15) is 13.2 Å². The topological polar surface area (TPSA) is 46.2 Å². The molecule has 0 aliphatic heterocycles. The Hall–Kier alpha value is -0.300. The van der Waals surface area contributed by atoms with E-state index < -0.39 is 18.3 Å². The fourth-order valence-electron chi connectivity index (χ4n) is 1.14. The summed E-state index contributed by atoms with van der Waals surface area (Å²) in [6.07, 6.45) is -7.41. The smallest absolute Gasteiger partial charge is 0.382 e. The molecule has 0 saturated carbocycles. The maximum atomic E-state index is 12.2. The van der Waals surface area contributed by atoms with E-state index in [1.54, 1.807) is 6.07 Å². The first-order valence-electron chi connectivity index (χ1n) is 4.19. The number of nitrogens with two attached hydrogens (primary N) is 1. The van der Waals surface area contributed by atoms with Crippen molar-refractivity contribution >= 4 is 27.5 Å². The van der Waals surface area contributed by atoms with Crippen molar-refractivity contribution in [2.24, 2.45) is 5.73 Å². The summed E-state index contributed by atoms with van der Waals surface area (Å²) in [4.78, 5) is 0. The number of benzene rings is 1. The van der Waals surface area contributed by atoms with Crippen molar-refractivity contribution in [2.75, 3.05) is 0 Å². The molecule has 16 heavy (non-hydrogen) atoms. The van der Waals surface area contributed by atoms with Crippen LogP contribution >= 0.6 is 27.5 Å². The minimum absolute atomic E-state index is 0.0425. The minimum Gasteiger partial charge on any atom is -0.382 e. The second-order valence-corrected chi connectivity index (χ2v) is 4.50. The van der Waals surface area contributed by atoms with Gasteiger partial charge in [-0.05, 0) is 23.8 Å². The van der Waals surface area contributed by atoms with Gasteiger partial charge in [0, 0.05) is 9.50 Å². The second kappa shape index (κ2) is 4.91. The van der Waals surface area contributed by atoms with Crippen LogP contribution < -0.4 is 5.73 Å². The fourth-order valence-corrected chi connectivity index (χ4v) is 1.77. The predicted octanol–water partition coefficient (Wildman–Crippen LogP) is 3.03. The van der Waals surface area contributed by atoms with Crippen LogP contribution in [0.25, 0.3) is 0 Å². The number of alkyl halides is 3. The van der Waals surface area contributed by atoms with Gasteiger partial charge < -0.3 is 10.8 Å². The number of hydrogen-bond acceptors (Lipinski definition) is 2. The zero-order valence-corrected chi connectivity index (χ0v) is 10.1. The molecule has 90 valence electrons. The van der Waals surface area contributed by atoms with Gasteiger partial charge in [0.2, 0.25) is 0 Å². The van der Waals surface area contributed by atoms with Gasteiger partial charge in [-0.3, -0.25) is 0 Å². The van der Waals surface area contributed by atoms with E-state index in [1.807, 2.05) is 0 Å². The van der Waals surface area contributed by atoms with Crippen molar-refractivity contribution in [1.82, 2.24) is 0 Å². The van der Waals surface area contributed by atoms with Crippen LogP contribution in [-0.2, 0) is 0 Å². The number of rotatable bonds is 2. The van der Waals surface area contributed by atoms with Crippen molar-refractivity contribution < 1.29 is 18.3 Å². The van der Waals surface area contributed by atoms with Gasteiger partial charge in [0.25, 0.3) is 0 Å². The van der Waals surface area contributed by atoms with E-state index in [1.165, 1.54) is 12.1 Å². The van der Waals surface area contributed by atoms with Crippen molar-refractivity contribution in [3.8, 4) is 0 Å². The van der Waals surface area contributed by atoms with E-state index in [9.17, 15) is 13.2 Å². The second-order valence-electron chi connectivity index (χ2n) is 3.18. The van der Waals surface area contributed by atoms with Crippen molar-refractivity contribution in [3.63, 3.8) is 0 Å². The molecule has 0 unspecified atom stereocenters. The molecule has 0 spiro atoms. The Labute approximate surface area is 103 Å². The summed E-state index contributed by atoms with van der Waals surface area (Å²) < 4.78 is 37.2. The molecule has 0 heterocycles. The average molecular weight is 319 g/mol. The van der Waals surface area contributed by atoms with Crippen LogP contribution in [0.1, 0.15) is 11.6 Å². The van der Waals surface area contributed by atoms with Gasteiger partial charge in [-0.1, -0.05) is 27.5 Å². The highest BCUT2D eigenvalue weighted by atomic mass is 79.9. The summed E-state index contributed by atoms with van der Waals surface area (Å²) in [7, 11) is 0. The SMILES string of the molecule is N[C@H](c1cc(Br)ccc1Cl)[C@@H](O)C(F)(F)F. The quantitative estimate of drug-likeness (QED) is 0.880. The molecular formula is C9H8BrClF3NO. The number of halogens is 5. The molecule has 0 bridgehead atoms. The Morgan fingerprint density at radius 3 is 2.44 bits per heavy atom. The van der Waals surface area contributed by atoms with Crippen LogP contribution in [0.4, 0.5) is 13.2 Å². The van der Waals surface area contributed by atoms with Crippen molar-refractivity contribution in [3.05, 3.63) is 33.3 Å². The molecule has 1 aromatic carbocycles. The van der Waals surface area contributed by atoms with Gasteiger partial charge in [0.1, 0.15) is 0 Å². The molecule has 2 atom stereocenters. The Morgan fingerprint density at radius 2 is 1.94 bits per heavy atom. The predicted molar refractivity (Wildman–Crippen MR) is 58.1 cm³/mol. The van der Waals surface area contributed by atoms with Gasteiger partial charge in [0.15, 0.2) is 6.10 Å². The van der Waals surface area contributed by atoms with E-state index in [-0.39, 0.29) is 10.6 Å². The highest BCUT2D eigenvalue weighted by Crippen LogP contribution is 2.33. The molecule has 0 fully saturated rings. The largest absolute Gasteiger partial charge is 0.416 e. The number of aliphatic hydroxyl groups is 1. The lowest BCUT2D eigenvalue weighted by Gasteiger charge is -2.22. The van der Waals surface area contributed by atoms with Crippen LogP contribution in [0.3, 0.4) is 0 Å². The molecule has 0 radical (unpaired) electrons. The van der Waals surface area contributed by atoms with Crippen LogP contribution in [0.2, 0.25) is 5.02 Å². The zero-order valence-electron chi connectivity index (χ0n) is 7.80. The molecular weight excluding hydrogens is 310 g/mol. The average Bonchev–Trinajstić information content (AvgIpc) is 2.18. The van der Waals surface area contributed by atoms with Crippen molar-refractivity contribution in [2.45, 2.75) is 18.3 Å². The monoisotopic (exact) mass is 317 g/mol. The maximum absolute atomic E-state index is 12.2. The summed E-state index contributed by atoms with van der Waals surface area (Å²) in [5.41, 5.74) is 5.36.